The molecule has 2 nitrogen and oxygen atoms in total. The highest BCUT2D eigenvalue weighted by molar-refractivity contribution is 7.11. The van der Waals surface area contributed by atoms with Gasteiger partial charge in [-0.25, -0.2) is 4.98 Å². The maximum Gasteiger partial charge on any atom is 0.0971 e. The quantitative estimate of drug-likeness (QED) is 0.867. The molecule has 1 fully saturated rings. The van der Waals surface area contributed by atoms with Crippen LogP contribution in [0.1, 0.15) is 73.0 Å². The number of aliphatic hydroxyl groups excluding tert-OH is 1. The number of aromatic nitrogens is 1. The smallest absolute Gasteiger partial charge is 0.0971 e. The first-order chi connectivity index (χ1) is 8.28. The molecule has 1 aromatic rings. The van der Waals surface area contributed by atoms with E-state index >= 15 is 0 Å². The van der Waals surface area contributed by atoms with Gasteiger partial charge in [0.1, 0.15) is 0 Å². The molecule has 0 radical (unpaired) electrons. The fourth-order valence-corrected chi connectivity index (χ4v) is 4.57. The van der Waals surface area contributed by atoms with E-state index in [0.717, 1.165) is 30.9 Å². The van der Waals surface area contributed by atoms with Crippen molar-refractivity contribution in [1.29, 1.82) is 0 Å². The molecule has 1 heterocycles. The molecule has 3 unspecified atom stereocenters. The van der Waals surface area contributed by atoms with Gasteiger partial charge in [0, 0.05) is 10.8 Å². The molecule has 1 saturated carbocycles. The zero-order valence-electron chi connectivity index (χ0n) is 10.5. The summed E-state index contributed by atoms with van der Waals surface area (Å²) >= 11 is 1.88. The van der Waals surface area contributed by atoms with Crippen molar-refractivity contribution in [1.82, 2.24) is 4.98 Å². The van der Waals surface area contributed by atoms with Gasteiger partial charge in [-0.2, -0.15) is 0 Å². The number of fused-ring (bicyclic) bond motifs is 1. The van der Waals surface area contributed by atoms with Crippen LogP contribution in [0.3, 0.4) is 0 Å². The van der Waals surface area contributed by atoms with Gasteiger partial charge in [-0.15, -0.1) is 11.3 Å². The minimum absolute atomic E-state index is 0.285. The Bertz CT molecular complexity index is 401. The topological polar surface area (TPSA) is 33.1 Å². The van der Waals surface area contributed by atoms with Crippen LogP contribution in [0, 0.1) is 5.92 Å². The van der Waals surface area contributed by atoms with E-state index in [1.54, 1.807) is 0 Å². The third-order valence-corrected chi connectivity index (χ3v) is 5.70. The molecule has 0 aromatic carbocycles. The minimum atomic E-state index is -0.285. The Morgan fingerprint density at radius 3 is 2.94 bits per heavy atom. The molecule has 1 aromatic heterocycles. The average molecular weight is 251 g/mol. The van der Waals surface area contributed by atoms with Gasteiger partial charge < -0.3 is 5.11 Å². The highest BCUT2D eigenvalue weighted by Gasteiger charge is 2.30. The van der Waals surface area contributed by atoms with Crippen LogP contribution in [0.4, 0.5) is 0 Å². The van der Waals surface area contributed by atoms with Crippen LogP contribution in [0.25, 0.3) is 0 Å². The average Bonchev–Trinajstić information content (AvgIpc) is 2.95. The molecule has 2 aliphatic carbocycles. The van der Waals surface area contributed by atoms with Gasteiger partial charge in [-0.05, 0) is 44.4 Å². The Balaban J connectivity index is 1.80. The van der Waals surface area contributed by atoms with E-state index in [1.165, 1.54) is 35.6 Å². The third kappa shape index (κ3) is 2.15. The molecule has 0 saturated heterocycles. The van der Waals surface area contributed by atoms with Gasteiger partial charge in [0.25, 0.3) is 0 Å². The number of thiazole rings is 1. The Kier molecular flexibility index (Phi) is 3.22. The van der Waals surface area contributed by atoms with E-state index in [1.807, 2.05) is 11.3 Å². The second kappa shape index (κ2) is 4.69. The number of nitrogens with zero attached hydrogens (tertiary/aromatic N) is 1. The van der Waals surface area contributed by atoms with Crippen LogP contribution in [-0.4, -0.2) is 10.1 Å². The Hall–Kier alpha value is -0.410. The lowest BCUT2D eigenvalue weighted by Gasteiger charge is -2.14. The molecule has 0 aliphatic heterocycles. The molecule has 0 amide bonds. The van der Waals surface area contributed by atoms with Crippen LogP contribution in [0.2, 0.25) is 0 Å². The predicted octanol–water partition coefficient (Wildman–Crippen LogP) is 3.81. The molecular formula is C14H21NOS. The molecule has 2 aliphatic rings. The van der Waals surface area contributed by atoms with Crippen LogP contribution in [0.15, 0.2) is 0 Å². The van der Waals surface area contributed by atoms with Crippen molar-refractivity contribution in [2.45, 2.75) is 63.9 Å². The molecular weight excluding hydrogens is 230 g/mol. The number of aliphatic hydroxyl groups is 1. The summed E-state index contributed by atoms with van der Waals surface area (Å²) in [6.07, 6.45) is 8.18. The summed E-state index contributed by atoms with van der Waals surface area (Å²) in [5.41, 5.74) is 1.01. The first-order valence-corrected chi connectivity index (χ1v) is 7.77. The minimum Gasteiger partial charge on any atom is -0.387 e. The zero-order chi connectivity index (χ0) is 11.8. The van der Waals surface area contributed by atoms with Gasteiger partial charge in [-0.3, -0.25) is 0 Å². The van der Waals surface area contributed by atoms with Gasteiger partial charge in [0.05, 0.1) is 16.8 Å². The second-order valence-corrected chi connectivity index (χ2v) is 6.67. The number of hydrogen-bond acceptors (Lipinski definition) is 3. The Morgan fingerprint density at radius 1 is 1.35 bits per heavy atom. The summed E-state index contributed by atoms with van der Waals surface area (Å²) in [6.45, 7) is 2.30. The first kappa shape index (κ1) is 11.7. The fourth-order valence-electron chi connectivity index (χ4n) is 3.26. The van der Waals surface area contributed by atoms with Gasteiger partial charge in [0.15, 0.2) is 0 Å². The van der Waals surface area contributed by atoms with E-state index in [9.17, 15) is 5.11 Å². The summed E-state index contributed by atoms with van der Waals surface area (Å²) in [7, 11) is 0. The van der Waals surface area contributed by atoms with Crippen LogP contribution < -0.4 is 0 Å². The van der Waals surface area contributed by atoms with E-state index in [4.69, 9.17) is 4.98 Å². The van der Waals surface area contributed by atoms with Gasteiger partial charge in [0.2, 0.25) is 0 Å². The maximum absolute atomic E-state index is 9.96. The number of rotatable bonds is 2. The van der Waals surface area contributed by atoms with E-state index in [-0.39, 0.29) is 6.10 Å². The Labute approximate surface area is 107 Å². The molecule has 1 N–H and O–H groups in total. The predicted molar refractivity (Wildman–Crippen MR) is 70.4 cm³/mol. The molecule has 94 valence electrons. The zero-order valence-corrected chi connectivity index (χ0v) is 11.3. The third-order valence-electron chi connectivity index (χ3n) is 4.41. The Morgan fingerprint density at radius 2 is 2.24 bits per heavy atom. The highest BCUT2D eigenvalue weighted by Crippen LogP contribution is 2.43. The normalized spacial score (nSPS) is 32.7. The van der Waals surface area contributed by atoms with Gasteiger partial charge >= 0.3 is 0 Å². The summed E-state index contributed by atoms with van der Waals surface area (Å²) in [4.78, 5) is 6.11. The summed E-state index contributed by atoms with van der Waals surface area (Å²) in [6, 6.07) is 0. The first-order valence-electron chi connectivity index (χ1n) is 6.95. The van der Waals surface area contributed by atoms with E-state index in [0.29, 0.717) is 5.92 Å². The van der Waals surface area contributed by atoms with Crippen molar-refractivity contribution in [3.8, 4) is 0 Å². The summed E-state index contributed by atoms with van der Waals surface area (Å²) in [5, 5.41) is 11.3. The monoisotopic (exact) mass is 251 g/mol. The summed E-state index contributed by atoms with van der Waals surface area (Å²) in [5.74, 6) is 1.59. The van der Waals surface area contributed by atoms with Crippen LogP contribution in [-0.2, 0) is 6.42 Å². The lowest BCUT2D eigenvalue weighted by atomic mass is 10.00. The molecule has 17 heavy (non-hydrogen) atoms. The lowest BCUT2D eigenvalue weighted by molar-refractivity contribution is 0.152. The largest absolute Gasteiger partial charge is 0.387 e. The van der Waals surface area contributed by atoms with E-state index in [2.05, 4.69) is 6.92 Å². The van der Waals surface area contributed by atoms with Crippen LogP contribution in [0.5, 0.6) is 0 Å². The number of aryl methyl sites for hydroxylation is 1. The summed E-state index contributed by atoms with van der Waals surface area (Å²) < 4.78 is 0. The van der Waals surface area contributed by atoms with E-state index < -0.39 is 0 Å². The number of hydrogen-bond donors (Lipinski definition) is 1. The standard InChI is InChI=1S/C14H21NOS/c1-2-9-6-7-10(8-9)14-15-13-11(16)4-3-5-12(13)17-14/h9-11,16H,2-8H2,1H3. The molecule has 3 atom stereocenters. The second-order valence-electron chi connectivity index (χ2n) is 5.55. The van der Waals surface area contributed by atoms with Crippen molar-refractivity contribution in [3.63, 3.8) is 0 Å². The van der Waals surface area contributed by atoms with Crippen LogP contribution >= 0.6 is 11.3 Å². The van der Waals surface area contributed by atoms with Crippen molar-refractivity contribution in [2.75, 3.05) is 0 Å². The fraction of sp³-hybridized carbons (Fsp3) is 0.786. The molecule has 3 heteroatoms. The lowest BCUT2D eigenvalue weighted by Crippen LogP contribution is -2.07. The molecule has 3 rings (SSSR count). The van der Waals surface area contributed by atoms with Crippen molar-refractivity contribution < 1.29 is 5.11 Å². The van der Waals surface area contributed by atoms with Crippen molar-refractivity contribution >= 4 is 11.3 Å². The van der Waals surface area contributed by atoms with Crippen molar-refractivity contribution in [3.05, 3.63) is 15.6 Å². The molecule has 0 bridgehead atoms. The highest BCUT2D eigenvalue weighted by atomic mass is 32.1. The van der Waals surface area contributed by atoms with Crippen molar-refractivity contribution in [2.24, 2.45) is 5.92 Å². The maximum atomic E-state index is 9.96. The van der Waals surface area contributed by atoms with Gasteiger partial charge in [-0.1, -0.05) is 13.3 Å². The SMILES string of the molecule is CCC1CCC(c2nc3c(s2)CCCC3O)C1. The molecule has 0 spiro atoms.